The quantitative estimate of drug-likeness (QED) is 0.821. The minimum atomic E-state index is -0.841. The third-order valence-electron chi connectivity index (χ3n) is 2.81. The molecule has 1 heterocycles. The fourth-order valence-electron chi connectivity index (χ4n) is 1.69. The monoisotopic (exact) mass is 284 g/mol. The SMILES string of the molecule is CC(CN(C)CC(=O)N(C)Cc1cccs1)C(=O)O. The predicted octanol–water partition coefficient (Wildman–Crippen LogP) is 1.36. The van der Waals surface area contributed by atoms with Crippen LogP contribution >= 0.6 is 11.3 Å². The summed E-state index contributed by atoms with van der Waals surface area (Å²) in [4.78, 5) is 27.3. The smallest absolute Gasteiger partial charge is 0.307 e. The molecule has 0 fully saturated rings. The number of amides is 1. The molecule has 1 aromatic rings. The summed E-state index contributed by atoms with van der Waals surface area (Å²) in [6.07, 6.45) is 0. The van der Waals surface area contributed by atoms with Crippen LogP contribution in [0.5, 0.6) is 0 Å². The van der Waals surface area contributed by atoms with E-state index in [1.807, 2.05) is 17.5 Å². The van der Waals surface area contributed by atoms with E-state index >= 15 is 0 Å². The lowest BCUT2D eigenvalue weighted by Gasteiger charge is -2.22. The van der Waals surface area contributed by atoms with Gasteiger partial charge in [0.15, 0.2) is 0 Å². The normalized spacial score (nSPS) is 12.4. The van der Waals surface area contributed by atoms with Crippen LogP contribution in [-0.2, 0) is 16.1 Å². The fourth-order valence-corrected chi connectivity index (χ4v) is 2.44. The second kappa shape index (κ2) is 7.25. The van der Waals surface area contributed by atoms with E-state index in [0.717, 1.165) is 4.88 Å². The highest BCUT2D eigenvalue weighted by atomic mass is 32.1. The van der Waals surface area contributed by atoms with Crippen molar-refractivity contribution in [3.63, 3.8) is 0 Å². The van der Waals surface area contributed by atoms with Crippen LogP contribution in [0.3, 0.4) is 0 Å². The number of thiophene rings is 1. The van der Waals surface area contributed by atoms with Crippen molar-refractivity contribution < 1.29 is 14.7 Å². The average Bonchev–Trinajstić information content (AvgIpc) is 2.81. The van der Waals surface area contributed by atoms with Gasteiger partial charge in [-0.15, -0.1) is 11.3 Å². The number of carboxylic acid groups (broad SMARTS) is 1. The summed E-state index contributed by atoms with van der Waals surface area (Å²) in [6.45, 7) is 2.84. The Labute approximate surface area is 117 Å². The number of aliphatic carboxylic acids is 1. The molecular weight excluding hydrogens is 264 g/mol. The van der Waals surface area contributed by atoms with Crippen LogP contribution in [0.2, 0.25) is 0 Å². The van der Waals surface area contributed by atoms with Crippen LogP contribution in [0, 0.1) is 5.92 Å². The molecule has 0 radical (unpaired) electrons. The van der Waals surface area contributed by atoms with Gasteiger partial charge in [-0.25, -0.2) is 0 Å². The summed E-state index contributed by atoms with van der Waals surface area (Å²) >= 11 is 1.62. The van der Waals surface area contributed by atoms with Gasteiger partial charge < -0.3 is 10.0 Å². The van der Waals surface area contributed by atoms with Crippen LogP contribution in [0.15, 0.2) is 17.5 Å². The van der Waals surface area contributed by atoms with Gasteiger partial charge in [0.1, 0.15) is 0 Å². The maximum Gasteiger partial charge on any atom is 0.307 e. The minimum absolute atomic E-state index is 0.00603. The number of carboxylic acids is 1. The van der Waals surface area contributed by atoms with Crippen molar-refractivity contribution >= 4 is 23.2 Å². The molecule has 0 bridgehead atoms. The first-order valence-corrected chi connectivity index (χ1v) is 6.95. The molecule has 5 nitrogen and oxygen atoms in total. The zero-order chi connectivity index (χ0) is 14.4. The van der Waals surface area contributed by atoms with Gasteiger partial charge in [0.25, 0.3) is 0 Å². The zero-order valence-electron chi connectivity index (χ0n) is 11.5. The van der Waals surface area contributed by atoms with Crippen molar-refractivity contribution in [1.29, 1.82) is 0 Å². The molecule has 1 atom stereocenters. The highest BCUT2D eigenvalue weighted by Gasteiger charge is 2.17. The zero-order valence-corrected chi connectivity index (χ0v) is 12.3. The van der Waals surface area contributed by atoms with E-state index < -0.39 is 11.9 Å². The Morgan fingerprint density at radius 1 is 1.42 bits per heavy atom. The van der Waals surface area contributed by atoms with E-state index in [9.17, 15) is 9.59 Å². The summed E-state index contributed by atoms with van der Waals surface area (Å²) in [5, 5.41) is 10.8. The van der Waals surface area contributed by atoms with Gasteiger partial charge in [-0.3, -0.25) is 14.5 Å². The standard InChI is InChI=1S/C13H20N2O3S/c1-10(13(17)18)7-14(2)9-12(16)15(3)8-11-5-4-6-19-11/h4-6,10H,7-9H2,1-3H3,(H,17,18). The molecule has 0 spiro atoms. The summed E-state index contributed by atoms with van der Waals surface area (Å²) < 4.78 is 0. The Morgan fingerprint density at radius 3 is 2.63 bits per heavy atom. The molecule has 1 rings (SSSR count). The summed E-state index contributed by atoms with van der Waals surface area (Å²) in [6, 6.07) is 3.95. The van der Waals surface area contributed by atoms with Crippen molar-refractivity contribution in [3.8, 4) is 0 Å². The molecule has 0 aromatic carbocycles. The molecule has 1 N–H and O–H groups in total. The molecular formula is C13H20N2O3S. The number of carbonyl (C=O) groups is 2. The van der Waals surface area contributed by atoms with Gasteiger partial charge in [0, 0.05) is 18.5 Å². The Kier molecular flexibility index (Phi) is 5.98. The minimum Gasteiger partial charge on any atom is -0.481 e. The van der Waals surface area contributed by atoms with Crippen molar-refractivity contribution in [2.24, 2.45) is 5.92 Å². The number of hydrogen-bond acceptors (Lipinski definition) is 4. The molecule has 0 saturated carbocycles. The predicted molar refractivity (Wildman–Crippen MR) is 75.1 cm³/mol. The Balaban J connectivity index is 2.39. The topological polar surface area (TPSA) is 60.9 Å². The first-order chi connectivity index (χ1) is 8.90. The van der Waals surface area contributed by atoms with E-state index in [1.54, 1.807) is 42.2 Å². The lowest BCUT2D eigenvalue weighted by molar-refractivity contribution is -0.142. The summed E-state index contributed by atoms with van der Waals surface area (Å²) in [5.41, 5.74) is 0. The molecule has 1 amide bonds. The van der Waals surface area contributed by atoms with Crippen LogP contribution in [0.25, 0.3) is 0 Å². The van der Waals surface area contributed by atoms with Gasteiger partial charge in [-0.2, -0.15) is 0 Å². The van der Waals surface area contributed by atoms with Crippen molar-refractivity contribution in [3.05, 3.63) is 22.4 Å². The van der Waals surface area contributed by atoms with Gasteiger partial charge in [0.05, 0.1) is 19.0 Å². The molecule has 0 saturated heterocycles. The maximum absolute atomic E-state index is 12.0. The Hall–Kier alpha value is -1.40. The molecule has 1 aromatic heterocycles. The van der Waals surface area contributed by atoms with E-state index in [4.69, 9.17) is 5.11 Å². The lowest BCUT2D eigenvalue weighted by Crippen LogP contribution is -2.38. The second-order valence-electron chi connectivity index (χ2n) is 4.77. The second-order valence-corrected chi connectivity index (χ2v) is 5.80. The molecule has 106 valence electrons. The number of carbonyl (C=O) groups excluding carboxylic acids is 1. The van der Waals surface area contributed by atoms with Crippen LogP contribution < -0.4 is 0 Å². The first-order valence-electron chi connectivity index (χ1n) is 6.08. The maximum atomic E-state index is 12.0. The summed E-state index contributed by atoms with van der Waals surface area (Å²) in [7, 11) is 3.52. The number of hydrogen-bond donors (Lipinski definition) is 1. The fraction of sp³-hybridized carbons (Fsp3) is 0.538. The van der Waals surface area contributed by atoms with E-state index in [1.165, 1.54) is 0 Å². The molecule has 0 aliphatic carbocycles. The highest BCUT2D eigenvalue weighted by molar-refractivity contribution is 7.09. The summed E-state index contributed by atoms with van der Waals surface area (Å²) in [5.74, 6) is -1.32. The van der Waals surface area contributed by atoms with Crippen LogP contribution in [0.1, 0.15) is 11.8 Å². The van der Waals surface area contributed by atoms with Crippen molar-refractivity contribution in [2.45, 2.75) is 13.5 Å². The molecule has 1 unspecified atom stereocenters. The van der Waals surface area contributed by atoms with Crippen LogP contribution in [0.4, 0.5) is 0 Å². The third kappa shape index (κ3) is 5.40. The van der Waals surface area contributed by atoms with Crippen molar-refractivity contribution in [2.75, 3.05) is 27.2 Å². The van der Waals surface area contributed by atoms with Crippen molar-refractivity contribution in [1.82, 2.24) is 9.80 Å². The number of rotatable bonds is 7. The van der Waals surface area contributed by atoms with Gasteiger partial charge in [0.2, 0.25) is 5.91 Å². The average molecular weight is 284 g/mol. The van der Waals surface area contributed by atoms with Crippen LogP contribution in [-0.4, -0.2) is 54.0 Å². The third-order valence-corrected chi connectivity index (χ3v) is 3.67. The Morgan fingerprint density at radius 2 is 2.11 bits per heavy atom. The lowest BCUT2D eigenvalue weighted by atomic mass is 10.2. The first kappa shape index (κ1) is 15.7. The van der Waals surface area contributed by atoms with E-state index in [-0.39, 0.29) is 12.5 Å². The molecule has 6 heteroatoms. The molecule has 0 aliphatic rings. The largest absolute Gasteiger partial charge is 0.481 e. The van der Waals surface area contributed by atoms with Gasteiger partial charge in [-0.1, -0.05) is 13.0 Å². The highest BCUT2D eigenvalue weighted by Crippen LogP contribution is 2.11. The van der Waals surface area contributed by atoms with E-state index in [2.05, 4.69) is 0 Å². The van der Waals surface area contributed by atoms with E-state index in [0.29, 0.717) is 13.1 Å². The number of likely N-dealkylation sites (N-methyl/N-ethyl adjacent to an activating group) is 2. The molecule has 19 heavy (non-hydrogen) atoms. The number of nitrogens with zero attached hydrogens (tertiary/aromatic N) is 2. The Bertz CT molecular complexity index is 420. The molecule has 0 aliphatic heterocycles. The van der Waals surface area contributed by atoms with Gasteiger partial charge >= 0.3 is 5.97 Å². The van der Waals surface area contributed by atoms with Gasteiger partial charge in [-0.05, 0) is 18.5 Å².